The van der Waals surface area contributed by atoms with Gasteiger partial charge in [-0.05, 0) is 62.4 Å². The van der Waals surface area contributed by atoms with Crippen molar-refractivity contribution in [1.29, 1.82) is 0 Å². The average Bonchev–Trinajstić information content (AvgIpc) is 2.50. The number of nitrogens with one attached hydrogen (secondary N) is 1. The van der Waals surface area contributed by atoms with E-state index in [1.165, 1.54) is 31.2 Å². The Morgan fingerprint density at radius 1 is 1.05 bits per heavy atom. The van der Waals surface area contributed by atoms with Gasteiger partial charge in [-0.3, -0.25) is 9.59 Å². The number of ether oxygens (including phenoxy) is 1. The van der Waals surface area contributed by atoms with Crippen molar-refractivity contribution in [3.05, 3.63) is 59.9 Å². The van der Waals surface area contributed by atoms with Crippen LogP contribution >= 0.6 is 0 Å². The Balaban J connectivity index is 1.95. The lowest BCUT2D eigenvalue weighted by Crippen LogP contribution is -2.30. The van der Waals surface area contributed by atoms with Crippen LogP contribution < -0.4 is 10.1 Å². The summed E-state index contributed by atoms with van der Waals surface area (Å²) in [5.74, 6) is -0.322. The van der Waals surface area contributed by atoms with Crippen molar-refractivity contribution in [1.82, 2.24) is 0 Å². The molecule has 0 radical (unpaired) electrons. The maximum absolute atomic E-state index is 12.8. The molecule has 1 unspecified atom stereocenters. The molecule has 5 heteroatoms. The third-order valence-electron chi connectivity index (χ3n) is 3.05. The average molecular weight is 301 g/mol. The fraction of sp³-hybridized carbons (Fsp3) is 0.176. The summed E-state index contributed by atoms with van der Waals surface area (Å²) in [5.41, 5.74) is 1.15. The Morgan fingerprint density at radius 2 is 1.64 bits per heavy atom. The molecule has 0 saturated carbocycles. The van der Waals surface area contributed by atoms with E-state index >= 15 is 0 Å². The van der Waals surface area contributed by atoms with Crippen LogP contribution in [0.25, 0.3) is 0 Å². The zero-order valence-electron chi connectivity index (χ0n) is 12.3. The number of hydrogen-bond acceptors (Lipinski definition) is 3. The molecule has 1 amide bonds. The number of ketones is 1. The lowest BCUT2D eigenvalue weighted by Gasteiger charge is -2.14. The Morgan fingerprint density at radius 3 is 2.18 bits per heavy atom. The van der Waals surface area contributed by atoms with Crippen LogP contribution in [0.1, 0.15) is 24.2 Å². The van der Waals surface area contributed by atoms with E-state index in [0.29, 0.717) is 17.0 Å². The highest BCUT2D eigenvalue weighted by atomic mass is 19.1. The second-order valence-corrected chi connectivity index (χ2v) is 4.84. The molecule has 4 nitrogen and oxygen atoms in total. The first-order chi connectivity index (χ1) is 10.5. The molecule has 0 fully saturated rings. The van der Waals surface area contributed by atoms with Crippen LogP contribution in [0, 0.1) is 5.82 Å². The van der Waals surface area contributed by atoms with Crippen LogP contribution in [0.15, 0.2) is 48.5 Å². The molecule has 0 aromatic heterocycles. The molecule has 0 aliphatic heterocycles. The lowest BCUT2D eigenvalue weighted by molar-refractivity contribution is -0.122. The highest BCUT2D eigenvalue weighted by Gasteiger charge is 2.15. The number of Topliss-reactive ketones (excluding diaryl/α,β-unsaturated/α-hetero) is 1. The number of benzene rings is 2. The molecule has 0 aliphatic rings. The fourth-order valence-corrected chi connectivity index (χ4v) is 1.80. The Kier molecular flexibility index (Phi) is 4.88. The summed E-state index contributed by atoms with van der Waals surface area (Å²) in [6, 6.07) is 12.0. The first-order valence-electron chi connectivity index (χ1n) is 6.80. The highest BCUT2D eigenvalue weighted by Crippen LogP contribution is 2.15. The Hall–Kier alpha value is -2.69. The smallest absolute Gasteiger partial charge is 0.265 e. The maximum atomic E-state index is 12.8. The molecular weight excluding hydrogens is 285 g/mol. The van der Waals surface area contributed by atoms with Gasteiger partial charge in [-0.1, -0.05) is 0 Å². The normalized spacial score (nSPS) is 11.6. The van der Waals surface area contributed by atoms with Crippen molar-refractivity contribution in [3.8, 4) is 5.75 Å². The van der Waals surface area contributed by atoms with Crippen molar-refractivity contribution in [3.63, 3.8) is 0 Å². The molecule has 0 aliphatic carbocycles. The maximum Gasteiger partial charge on any atom is 0.265 e. The zero-order valence-corrected chi connectivity index (χ0v) is 12.3. The summed E-state index contributed by atoms with van der Waals surface area (Å²) in [5, 5.41) is 2.69. The number of rotatable bonds is 5. The summed E-state index contributed by atoms with van der Waals surface area (Å²) < 4.78 is 18.2. The number of hydrogen-bond donors (Lipinski definition) is 1. The molecule has 0 spiro atoms. The van der Waals surface area contributed by atoms with Crippen LogP contribution in [0.4, 0.5) is 10.1 Å². The summed E-state index contributed by atoms with van der Waals surface area (Å²) in [6.07, 6.45) is -0.738. The second-order valence-electron chi connectivity index (χ2n) is 4.84. The predicted molar refractivity (Wildman–Crippen MR) is 81.6 cm³/mol. The Labute approximate surface area is 127 Å². The fourth-order valence-electron chi connectivity index (χ4n) is 1.80. The molecule has 2 rings (SSSR count). The van der Waals surface area contributed by atoms with Crippen molar-refractivity contribution < 1.29 is 18.7 Å². The van der Waals surface area contributed by atoms with E-state index in [1.807, 2.05) is 0 Å². The molecule has 114 valence electrons. The molecular formula is C17H16FNO3. The second kappa shape index (κ2) is 6.85. The quantitative estimate of drug-likeness (QED) is 0.861. The van der Waals surface area contributed by atoms with Gasteiger partial charge in [0.25, 0.3) is 5.91 Å². The van der Waals surface area contributed by atoms with E-state index < -0.39 is 6.10 Å². The first kappa shape index (κ1) is 15.7. The minimum atomic E-state index is -0.738. The van der Waals surface area contributed by atoms with Crippen LogP contribution in [0.2, 0.25) is 0 Å². The van der Waals surface area contributed by atoms with Gasteiger partial charge in [0.1, 0.15) is 11.6 Å². The van der Waals surface area contributed by atoms with E-state index in [4.69, 9.17) is 4.74 Å². The molecule has 22 heavy (non-hydrogen) atoms. The van der Waals surface area contributed by atoms with Gasteiger partial charge in [0.05, 0.1) is 0 Å². The van der Waals surface area contributed by atoms with Gasteiger partial charge in [0.15, 0.2) is 11.9 Å². The third-order valence-corrected chi connectivity index (χ3v) is 3.05. The van der Waals surface area contributed by atoms with E-state index in [-0.39, 0.29) is 17.5 Å². The number of halogens is 1. The number of carbonyl (C=O) groups is 2. The van der Waals surface area contributed by atoms with Crippen LogP contribution in [0.5, 0.6) is 5.75 Å². The number of anilines is 1. The van der Waals surface area contributed by atoms with Gasteiger partial charge < -0.3 is 10.1 Å². The standard InChI is InChI=1S/C17H16FNO3/c1-11(20)13-3-7-15(8-4-13)19-17(21)12(2)22-16-9-5-14(18)6-10-16/h3-10,12H,1-2H3,(H,19,21). The number of amides is 1. The van der Waals surface area contributed by atoms with Gasteiger partial charge in [0, 0.05) is 11.3 Å². The highest BCUT2D eigenvalue weighted by molar-refractivity contribution is 5.96. The van der Waals surface area contributed by atoms with Gasteiger partial charge in [-0.2, -0.15) is 0 Å². The van der Waals surface area contributed by atoms with Crippen LogP contribution in [-0.2, 0) is 4.79 Å². The molecule has 0 bridgehead atoms. The lowest BCUT2D eigenvalue weighted by atomic mass is 10.1. The summed E-state index contributed by atoms with van der Waals surface area (Å²) in [7, 11) is 0. The van der Waals surface area contributed by atoms with Gasteiger partial charge in [-0.25, -0.2) is 4.39 Å². The minimum Gasteiger partial charge on any atom is -0.481 e. The first-order valence-corrected chi connectivity index (χ1v) is 6.80. The van der Waals surface area contributed by atoms with Crippen LogP contribution in [0.3, 0.4) is 0 Å². The van der Waals surface area contributed by atoms with Crippen molar-refractivity contribution in [2.24, 2.45) is 0 Å². The minimum absolute atomic E-state index is 0.0362. The van der Waals surface area contributed by atoms with E-state index in [0.717, 1.165) is 0 Å². The van der Waals surface area contributed by atoms with E-state index in [1.54, 1.807) is 31.2 Å². The molecule has 0 saturated heterocycles. The molecule has 2 aromatic carbocycles. The SMILES string of the molecule is CC(=O)c1ccc(NC(=O)C(C)Oc2ccc(F)cc2)cc1. The topological polar surface area (TPSA) is 55.4 Å². The van der Waals surface area contributed by atoms with E-state index in [9.17, 15) is 14.0 Å². The van der Waals surface area contributed by atoms with E-state index in [2.05, 4.69) is 5.32 Å². The molecule has 1 atom stereocenters. The summed E-state index contributed by atoms with van der Waals surface area (Å²) in [6.45, 7) is 3.08. The predicted octanol–water partition coefficient (Wildman–Crippen LogP) is 3.43. The number of carbonyl (C=O) groups excluding carboxylic acids is 2. The summed E-state index contributed by atoms with van der Waals surface area (Å²) >= 11 is 0. The zero-order chi connectivity index (χ0) is 16.1. The summed E-state index contributed by atoms with van der Waals surface area (Å²) in [4.78, 5) is 23.2. The van der Waals surface area contributed by atoms with Crippen molar-refractivity contribution in [2.45, 2.75) is 20.0 Å². The molecule has 0 heterocycles. The van der Waals surface area contributed by atoms with Crippen LogP contribution in [-0.4, -0.2) is 17.8 Å². The van der Waals surface area contributed by atoms with Gasteiger partial charge in [0.2, 0.25) is 0 Å². The van der Waals surface area contributed by atoms with Crippen molar-refractivity contribution >= 4 is 17.4 Å². The Bertz CT molecular complexity index is 665. The van der Waals surface area contributed by atoms with Crippen molar-refractivity contribution in [2.75, 3.05) is 5.32 Å². The monoisotopic (exact) mass is 301 g/mol. The third kappa shape index (κ3) is 4.15. The van der Waals surface area contributed by atoms with Gasteiger partial charge in [-0.15, -0.1) is 0 Å². The van der Waals surface area contributed by atoms with Gasteiger partial charge >= 0.3 is 0 Å². The molecule has 2 aromatic rings. The largest absolute Gasteiger partial charge is 0.481 e. The molecule has 1 N–H and O–H groups in total.